The maximum atomic E-state index is 11.9. The van der Waals surface area contributed by atoms with Gasteiger partial charge in [0.1, 0.15) is 0 Å². The molecule has 3 N–H and O–H groups in total. The molecule has 2 aromatic carbocycles. The van der Waals surface area contributed by atoms with Gasteiger partial charge in [-0.3, -0.25) is 9.59 Å². The number of hydrogen-bond donors (Lipinski definition) is 3. The third-order valence-corrected chi connectivity index (χ3v) is 3.81. The average molecular weight is 332 g/mol. The van der Waals surface area contributed by atoms with Crippen LogP contribution in [0.4, 0.5) is 5.69 Å². The summed E-state index contributed by atoms with van der Waals surface area (Å²) >= 11 is 0. The predicted molar refractivity (Wildman–Crippen MR) is 94.8 cm³/mol. The standard InChI is InChI=1S/C19H16N4O2/c20-11-13-4-3-5-15(10-13)23-19(25)18(24)21-9-8-14-12-22-17-7-2-1-6-16(14)17/h1-7,10,12,22H,8-9H2,(H,21,24)(H,23,25). The van der Waals surface area contributed by atoms with Gasteiger partial charge in [0.05, 0.1) is 11.6 Å². The minimum atomic E-state index is -0.756. The number of aromatic nitrogens is 1. The van der Waals surface area contributed by atoms with Crippen LogP contribution in [0.5, 0.6) is 0 Å². The van der Waals surface area contributed by atoms with Crippen LogP contribution in [0.15, 0.2) is 54.7 Å². The number of amides is 2. The van der Waals surface area contributed by atoms with Crippen molar-refractivity contribution in [3.63, 3.8) is 0 Å². The Hall–Kier alpha value is -3.59. The zero-order chi connectivity index (χ0) is 17.6. The maximum Gasteiger partial charge on any atom is 0.313 e. The van der Waals surface area contributed by atoms with Crippen LogP contribution in [-0.4, -0.2) is 23.3 Å². The first-order valence-corrected chi connectivity index (χ1v) is 7.82. The Kier molecular flexibility index (Phi) is 4.77. The van der Waals surface area contributed by atoms with Crippen molar-refractivity contribution >= 4 is 28.4 Å². The zero-order valence-corrected chi connectivity index (χ0v) is 13.4. The highest BCUT2D eigenvalue weighted by Gasteiger charge is 2.13. The molecule has 2 amide bonds. The fourth-order valence-electron chi connectivity index (χ4n) is 2.58. The first-order chi connectivity index (χ1) is 12.2. The van der Waals surface area contributed by atoms with E-state index in [0.717, 1.165) is 16.5 Å². The first kappa shape index (κ1) is 16.3. The topological polar surface area (TPSA) is 97.8 Å². The Morgan fingerprint density at radius 2 is 1.92 bits per heavy atom. The number of nitrogens with one attached hydrogen (secondary N) is 3. The van der Waals surface area contributed by atoms with Crippen molar-refractivity contribution in [3.8, 4) is 6.07 Å². The Balaban J connectivity index is 1.53. The van der Waals surface area contributed by atoms with E-state index < -0.39 is 11.8 Å². The number of aromatic amines is 1. The van der Waals surface area contributed by atoms with Crippen molar-refractivity contribution in [2.45, 2.75) is 6.42 Å². The van der Waals surface area contributed by atoms with E-state index in [1.807, 2.05) is 36.5 Å². The zero-order valence-electron chi connectivity index (χ0n) is 13.4. The van der Waals surface area contributed by atoms with Crippen LogP contribution in [0.25, 0.3) is 10.9 Å². The Bertz CT molecular complexity index is 969. The Labute approximate surface area is 144 Å². The number of carbonyl (C=O) groups is 2. The highest BCUT2D eigenvalue weighted by Crippen LogP contribution is 2.17. The molecule has 0 unspecified atom stereocenters. The number of anilines is 1. The molecule has 6 heteroatoms. The third kappa shape index (κ3) is 3.85. The lowest BCUT2D eigenvalue weighted by Crippen LogP contribution is -2.36. The number of para-hydroxylation sites is 1. The maximum absolute atomic E-state index is 11.9. The highest BCUT2D eigenvalue weighted by molar-refractivity contribution is 6.39. The second kappa shape index (κ2) is 7.32. The molecular formula is C19H16N4O2. The normalized spacial score (nSPS) is 10.2. The third-order valence-electron chi connectivity index (χ3n) is 3.81. The molecular weight excluding hydrogens is 316 g/mol. The van der Waals surface area contributed by atoms with Crippen LogP contribution in [0.1, 0.15) is 11.1 Å². The molecule has 0 radical (unpaired) electrons. The summed E-state index contributed by atoms with van der Waals surface area (Å²) in [5.41, 5.74) is 2.95. The van der Waals surface area contributed by atoms with Crippen LogP contribution < -0.4 is 10.6 Å². The van der Waals surface area contributed by atoms with Gasteiger partial charge in [-0.15, -0.1) is 0 Å². The van der Waals surface area contributed by atoms with E-state index in [0.29, 0.717) is 24.2 Å². The molecule has 1 heterocycles. The molecule has 0 aliphatic heterocycles. The molecule has 0 saturated heterocycles. The van der Waals surface area contributed by atoms with Gasteiger partial charge < -0.3 is 15.6 Å². The second-order valence-electron chi connectivity index (χ2n) is 5.51. The SMILES string of the molecule is N#Cc1cccc(NC(=O)C(=O)NCCc2c[nH]c3ccccc23)c1. The van der Waals surface area contributed by atoms with E-state index in [9.17, 15) is 9.59 Å². The van der Waals surface area contributed by atoms with Gasteiger partial charge in [-0.2, -0.15) is 5.26 Å². The number of carbonyl (C=O) groups excluding carboxylic acids is 2. The van der Waals surface area contributed by atoms with Crippen molar-refractivity contribution in [1.29, 1.82) is 5.26 Å². The first-order valence-electron chi connectivity index (χ1n) is 7.82. The van der Waals surface area contributed by atoms with E-state index in [2.05, 4.69) is 15.6 Å². The number of fused-ring (bicyclic) bond motifs is 1. The fourth-order valence-corrected chi connectivity index (χ4v) is 2.58. The van der Waals surface area contributed by atoms with E-state index in [1.165, 1.54) is 6.07 Å². The minimum absolute atomic E-state index is 0.354. The van der Waals surface area contributed by atoms with E-state index in [4.69, 9.17) is 5.26 Å². The molecule has 1 aromatic heterocycles. The van der Waals surface area contributed by atoms with Crippen LogP contribution in [0.2, 0.25) is 0 Å². The molecule has 25 heavy (non-hydrogen) atoms. The summed E-state index contributed by atoms with van der Waals surface area (Å²) in [4.78, 5) is 27.0. The van der Waals surface area contributed by atoms with E-state index >= 15 is 0 Å². The van der Waals surface area contributed by atoms with Crippen molar-refractivity contribution in [3.05, 3.63) is 65.9 Å². The second-order valence-corrected chi connectivity index (χ2v) is 5.51. The van der Waals surface area contributed by atoms with Crippen LogP contribution >= 0.6 is 0 Å². The monoisotopic (exact) mass is 332 g/mol. The number of rotatable bonds is 4. The summed E-state index contributed by atoms with van der Waals surface area (Å²) in [5.74, 6) is -1.46. The summed E-state index contributed by atoms with van der Waals surface area (Å²) < 4.78 is 0. The smallest absolute Gasteiger partial charge is 0.313 e. The Morgan fingerprint density at radius 1 is 1.08 bits per heavy atom. The number of H-pyrrole nitrogens is 1. The molecule has 124 valence electrons. The Morgan fingerprint density at radius 3 is 2.76 bits per heavy atom. The molecule has 6 nitrogen and oxygen atoms in total. The van der Waals surface area contributed by atoms with Gasteiger partial charge in [0.25, 0.3) is 0 Å². The molecule has 3 rings (SSSR count). The lowest BCUT2D eigenvalue weighted by atomic mass is 10.1. The van der Waals surface area contributed by atoms with Gasteiger partial charge in [-0.25, -0.2) is 0 Å². The summed E-state index contributed by atoms with van der Waals surface area (Å²) in [6, 6.07) is 16.3. The van der Waals surface area contributed by atoms with Gasteiger partial charge in [0.15, 0.2) is 0 Å². The van der Waals surface area contributed by atoms with Gasteiger partial charge >= 0.3 is 11.8 Å². The molecule has 0 spiro atoms. The molecule has 3 aromatic rings. The summed E-state index contributed by atoms with van der Waals surface area (Å²) in [7, 11) is 0. The van der Waals surface area contributed by atoms with Crippen molar-refractivity contribution in [2.75, 3.05) is 11.9 Å². The van der Waals surface area contributed by atoms with Gasteiger partial charge in [-0.05, 0) is 36.2 Å². The highest BCUT2D eigenvalue weighted by atomic mass is 16.2. The molecule has 0 bridgehead atoms. The minimum Gasteiger partial charge on any atom is -0.361 e. The van der Waals surface area contributed by atoms with Crippen molar-refractivity contribution in [2.24, 2.45) is 0 Å². The van der Waals surface area contributed by atoms with Gasteiger partial charge in [0, 0.05) is 29.3 Å². The molecule has 0 atom stereocenters. The number of hydrogen-bond acceptors (Lipinski definition) is 3. The average Bonchev–Trinajstić information content (AvgIpc) is 3.05. The lowest BCUT2D eigenvalue weighted by molar-refractivity contribution is -0.136. The van der Waals surface area contributed by atoms with Gasteiger partial charge in [-0.1, -0.05) is 24.3 Å². The van der Waals surface area contributed by atoms with Crippen LogP contribution in [-0.2, 0) is 16.0 Å². The molecule has 0 aliphatic carbocycles. The largest absolute Gasteiger partial charge is 0.361 e. The summed E-state index contributed by atoms with van der Waals surface area (Å²) in [6.45, 7) is 0.354. The number of benzene rings is 2. The number of nitrogens with zero attached hydrogens (tertiary/aromatic N) is 1. The molecule has 0 aliphatic rings. The fraction of sp³-hybridized carbons (Fsp3) is 0.105. The lowest BCUT2D eigenvalue weighted by Gasteiger charge is -2.06. The predicted octanol–water partition coefficient (Wildman–Crippen LogP) is 2.34. The van der Waals surface area contributed by atoms with Crippen molar-refractivity contribution < 1.29 is 9.59 Å². The van der Waals surface area contributed by atoms with Crippen LogP contribution in [0, 0.1) is 11.3 Å². The quantitative estimate of drug-likeness (QED) is 0.640. The summed E-state index contributed by atoms with van der Waals surface area (Å²) in [5, 5.41) is 15.0. The summed E-state index contributed by atoms with van der Waals surface area (Å²) in [6.07, 6.45) is 2.53. The van der Waals surface area contributed by atoms with E-state index in [-0.39, 0.29) is 0 Å². The van der Waals surface area contributed by atoms with Gasteiger partial charge in [0.2, 0.25) is 0 Å². The molecule has 0 saturated carbocycles. The van der Waals surface area contributed by atoms with Crippen LogP contribution in [0.3, 0.4) is 0 Å². The van der Waals surface area contributed by atoms with Crippen molar-refractivity contribution in [1.82, 2.24) is 10.3 Å². The molecule has 0 fully saturated rings. The number of nitriles is 1. The van der Waals surface area contributed by atoms with E-state index in [1.54, 1.807) is 18.2 Å².